The third kappa shape index (κ3) is 1.72. The average molecular weight is 312 g/mol. The van der Waals surface area contributed by atoms with E-state index >= 15 is 0 Å². The van der Waals surface area contributed by atoms with Crippen LogP contribution in [-0.2, 0) is 0 Å². The maximum atomic E-state index is 12.6. The summed E-state index contributed by atoms with van der Waals surface area (Å²) in [6.45, 7) is 7.28. The molecule has 2 aliphatic heterocycles. The molecule has 98 valence electrons. The third-order valence-electron chi connectivity index (χ3n) is 4.48. The fraction of sp³-hybridized carbons (Fsp3) is 0.615. The van der Waals surface area contributed by atoms with Crippen LogP contribution >= 0.6 is 15.9 Å². The zero-order valence-electron chi connectivity index (χ0n) is 10.7. The molecule has 0 radical (unpaired) electrons. The number of nitrogens with zero attached hydrogens (tertiary/aromatic N) is 1. The molecule has 1 amide bonds. The van der Waals surface area contributed by atoms with Gasteiger partial charge in [-0.05, 0) is 47.7 Å². The lowest BCUT2D eigenvalue weighted by atomic mass is 9.85. The van der Waals surface area contributed by atoms with Crippen LogP contribution in [0, 0.1) is 11.8 Å². The number of fused-ring (bicyclic) bond motifs is 1. The van der Waals surface area contributed by atoms with E-state index in [1.54, 1.807) is 6.20 Å². The highest BCUT2D eigenvalue weighted by molar-refractivity contribution is 9.10. The molecule has 5 heteroatoms. The summed E-state index contributed by atoms with van der Waals surface area (Å²) in [7, 11) is 0. The first kappa shape index (κ1) is 12.2. The Kier molecular flexibility index (Phi) is 2.79. The molecule has 3 rings (SSSR count). The van der Waals surface area contributed by atoms with Crippen LogP contribution < -0.4 is 5.32 Å². The number of aromatic nitrogens is 1. The molecule has 0 spiro atoms. The maximum Gasteiger partial charge on any atom is 0.270 e. The summed E-state index contributed by atoms with van der Waals surface area (Å²) >= 11 is 3.37. The van der Waals surface area contributed by atoms with Gasteiger partial charge < -0.3 is 15.2 Å². The molecule has 2 fully saturated rings. The van der Waals surface area contributed by atoms with Crippen LogP contribution in [-0.4, -0.2) is 41.0 Å². The molecule has 3 heterocycles. The van der Waals surface area contributed by atoms with Gasteiger partial charge in [-0.25, -0.2) is 0 Å². The fourth-order valence-corrected chi connectivity index (χ4v) is 3.75. The molecule has 1 aromatic heterocycles. The van der Waals surface area contributed by atoms with E-state index in [1.807, 2.05) is 11.0 Å². The largest absolute Gasteiger partial charge is 0.356 e. The Hall–Kier alpha value is -0.810. The van der Waals surface area contributed by atoms with Crippen molar-refractivity contribution >= 4 is 21.8 Å². The first-order chi connectivity index (χ1) is 8.50. The lowest BCUT2D eigenvalue weighted by molar-refractivity contribution is 0.0598. The summed E-state index contributed by atoms with van der Waals surface area (Å²) in [5, 5.41) is 3.43. The van der Waals surface area contributed by atoms with E-state index in [1.165, 1.54) is 0 Å². The van der Waals surface area contributed by atoms with E-state index in [0.29, 0.717) is 17.5 Å². The number of carbonyl (C=O) groups is 1. The molecule has 2 N–H and O–H groups in total. The number of carbonyl (C=O) groups excluding carboxylic acids is 1. The second-order valence-corrected chi connectivity index (χ2v) is 6.74. The number of halogens is 1. The van der Waals surface area contributed by atoms with Gasteiger partial charge >= 0.3 is 0 Å². The predicted molar refractivity (Wildman–Crippen MR) is 73.5 cm³/mol. The summed E-state index contributed by atoms with van der Waals surface area (Å²) in [4.78, 5) is 17.6. The zero-order chi connectivity index (χ0) is 12.9. The van der Waals surface area contributed by atoms with Crippen LogP contribution in [0.1, 0.15) is 24.3 Å². The van der Waals surface area contributed by atoms with Crippen LogP contribution in [0.15, 0.2) is 16.7 Å². The molecular formula is C13H18BrN3O. The van der Waals surface area contributed by atoms with Gasteiger partial charge in [0.2, 0.25) is 0 Å². The maximum absolute atomic E-state index is 12.6. The highest BCUT2D eigenvalue weighted by Gasteiger charge is 2.51. The first-order valence-corrected chi connectivity index (χ1v) is 7.16. The molecule has 0 aromatic carbocycles. The Balaban J connectivity index is 1.87. The molecule has 0 aliphatic carbocycles. The Bertz CT molecular complexity index is 482. The lowest BCUT2D eigenvalue weighted by Crippen LogP contribution is -2.47. The third-order valence-corrected chi connectivity index (χ3v) is 4.94. The molecule has 1 aromatic rings. The van der Waals surface area contributed by atoms with Crippen molar-refractivity contribution in [2.24, 2.45) is 11.8 Å². The minimum Gasteiger partial charge on any atom is -0.356 e. The van der Waals surface area contributed by atoms with Crippen LogP contribution in [0.4, 0.5) is 0 Å². The Morgan fingerprint density at radius 3 is 2.89 bits per heavy atom. The van der Waals surface area contributed by atoms with E-state index < -0.39 is 0 Å². The standard InChI is InChI=1S/C13H18BrN3O/c1-13(2)10-6-15-4-8(10)7-17(13)12(18)11-3-9(14)5-16-11/h3,5,8,10,15-16H,4,6-7H2,1-2H3. The Labute approximate surface area is 115 Å². The molecule has 0 saturated carbocycles. The smallest absolute Gasteiger partial charge is 0.270 e. The van der Waals surface area contributed by atoms with Crippen molar-refractivity contribution in [2.45, 2.75) is 19.4 Å². The number of aromatic amines is 1. The SMILES string of the molecule is CC1(C)C2CNCC2CN1C(=O)c1cc(Br)c[nH]1. The molecule has 2 atom stereocenters. The number of rotatable bonds is 1. The number of H-pyrrole nitrogens is 1. The number of hydrogen-bond donors (Lipinski definition) is 2. The van der Waals surface area contributed by atoms with E-state index in [-0.39, 0.29) is 11.4 Å². The summed E-state index contributed by atoms with van der Waals surface area (Å²) in [6.07, 6.45) is 1.80. The normalized spacial score (nSPS) is 29.6. The highest BCUT2D eigenvalue weighted by atomic mass is 79.9. The van der Waals surface area contributed by atoms with Crippen molar-refractivity contribution in [3.05, 3.63) is 22.4 Å². The van der Waals surface area contributed by atoms with E-state index in [0.717, 1.165) is 24.1 Å². The van der Waals surface area contributed by atoms with Crippen molar-refractivity contribution in [3.8, 4) is 0 Å². The van der Waals surface area contributed by atoms with Crippen LogP contribution in [0.25, 0.3) is 0 Å². The topological polar surface area (TPSA) is 48.1 Å². The van der Waals surface area contributed by atoms with Crippen molar-refractivity contribution in [2.75, 3.05) is 19.6 Å². The molecule has 2 unspecified atom stereocenters. The van der Waals surface area contributed by atoms with Gasteiger partial charge in [0.15, 0.2) is 0 Å². The van der Waals surface area contributed by atoms with Crippen molar-refractivity contribution < 1.29 is 4.79 Å². The monoisotopic (exact) mass is 311 g/mol. The Morgan fingerprint density at radius 1 is 1.50 bits per heavy atom. The van der Waals surface area contributed by atoms with Gasteiger partial charge in [0.25, 0.3) is 5.91 Å². The summed E-state index contributed by atoms with van der Waals surface area (Å²) < 4.78 is 0.921. The lowest BCUT2D eigenvalue weighted by Gasteiger charge is -2.35. The van der Waals surface area contributed by atoms with Gasteiger partial charge in [0, 0.05) is 35.8 Å². The van der Waals surface area contributed by atoms with Gasteiger partial charge in [0.05, 0.1) is 0 Å². The average Bonchev–Trinajstić information content (AvgIpc) is 2.96. The van der Waals surface area contributed by atoms with Crippen LogP contribution in [0.5, 0.6) is 0 Å². The minimum absolute atomic E-state index is 0.0666. The second kappa shape index (κ2) is 4.10. The van der Waals surface area contributed by atoms with Crippen molar-refractivity contribution in [1.29, 1.82) is 0 Å². The van der Waals surface area contributed by atoms with Gasteiger partial charge in [0.1, 0.15) is 5.69 Å². The van der Waals surface area contributed by atoms with Crippen LogP contribution in [0.3, 0.4) is 0 Å². The molecular weight excluding hydrogens is 294 g/mol. The number of hydrogen-bond acceptors (Lipinski definition) is 2. The number of nitrogens with one attached hydrogen (secondary N) is 2. The summed E-state index contributed by atoms with van der Waals surface area (Å²) in [6, 6.07) is 1.85. The van der Waals surface area contributed by atoms with Crippen LogP contribution in [0.2, 0.25) is 0 Å². The molecule has 2 aliphatic rings. The van der Waals surface area contributed by atoms with Gasteiger partial charge in [-0.1, -0.05) is 0 Å². The van der Waals surface area contributed by atoms with E-state index in [9.17, 15) is 4.79 Å². The number of amides is 1. The second-order valence-electron chi connectivity index (χ2n) is 5.83. The van der Waals surface area contributed by atoms with E-state index in [2.05, 4.69) is 40.1 Å². The van der Waals surface area contributed by atoms with Gasteiger partial charge in [-0.15, -0.1) is 0 Å². The van der Waals surface area contributed by atoms with Gasteiger partial charge in [-0.3, -0.25) is 4.79 Å². The summed E-state index contributed by atoms with van der Waals surface area (Å²) in [5.41, 5.74) is 0.603. The fourth-order valence-electron chi connectivity index (χ4n) is 3.40. The summed E-state index contributed by atoms with van der Waals surface area (Å²) in [5.74, 6) is 1.28. The predicted octanol–water partition coefficient (Wildman–Crippen LogP) is 1.85. The molecule has 4 nitrogen and oxygen atoms in total. The first-order valence-electron chi connectivity index (χ1n) is 6.37. The zero-order valence-corrected chi connectivity index (χ0v) is 12.3. The highest BCUT2D eigenvalue weighted by Crippen LogP contribution is 2.41. The molecule has 0 bridgehead atoms. The quantitative estimate of drug-likeness (QED) is 0.831. The van der Waals surface area contributed by atoms with E-state index in [4.69, 9.17) is 0 Å². The molecule has 2 saturated heterocycles. The van der Waals surface area contributed by atoms with Crippen molar-refractivity contribution in [3.63, 3.8) is 0 Å². The molecule has 18 heavy (non-hydrogen) atoms. The Morgan fingerprint density at radius 2 is 2.28 bits per heavy atom. The number of likely N-dealkylation sites (tertiary alicyclic amines) is 1. The van der Waals surface area contributed by atoms with Crippen molar-refractivity contribution in [1.82, 2.24) is 15.2 Å². The van der Waals surface area contributed by atoms with Gasteiger partial charge in [-0.2, -0.15) is 0 Å². The minimum atomic E-state index is -0.0666.